The minimum absolute atomic E-state index is 0. The van der Waals surface area contributed by atoms with Crippen molar-refractivity contribution in [2.24, 2.45) is 16.8 Å². The fourth-order valence-corrected chi connectivity index (χ4v) is 4.68. The Kier molecular flexibility index (Phi) is 11.1. The molecule has 0 bridgehead atoms. The molecule has 2 atom stereocenters. The third-order valence-corrected chi connectivity index (χ3v) is 6.54. The Morgan fingerprint density at radius 3 is 2.46 bits per heavy atom. The number of hydrogen-bond acceptors (Lipinski definition) is 3. The van der Waals surface area contributed by atoms with Gasteiger partial charge in [-0.3, -0.25) is 9.79 Å². The molecule has 2 aliphatic rings. The quantitative estimate of drug-likeness (QED) is 0.330. The second-order valence-electron chi connectivity index (χ2n) is 8.80. The van der Waals surface area contributed by atoms with E-state index in [1.54, 1.807) is 7.05 Å². The molecule has 1 amide bonds. The van der Waals surface area contributed by atoms with Crippen molar-refractivity contribution in [3.05, 3.63) is 0 Å². The summed E-state index contributed by atoms with van der Waals surface area (Å²) in [6.45, 7) is 8.24. The average molecular weight is 508 g/mol. The lowest BCUT2D eigenvalue weighted by Crippen LogP contribution is -2.52. The Morgan fingerprint density at radius 2 is 1.93 bits per heavy atom. The Bertz CT molecular complexity index is 505. The summed E-state index contributed by atoms with van der Waals surface area (Å²) in [6.07, 6.45) is 7.90. The number of aliphatic imine (C=N–C) groups is 1. The topological polar surface area (TPSA) is 60.0 Å². The first-order chi connectivity index (χ1) is 12.9. The molecule has 2 N–H and O–H groups in total. The van der Waals surface area contributed by atoms with Crippen molar-refractivity contribution in [3.63, 3.8) is 0 Å². The first kappa shape index (κ1) is 25.5. The number of carbonyl (C=O) groups excluding carboxylic acids is 1. The minimum Gasteiger partial charge on any atom is -0.359 e. The van der Waals surface area contributed by atoms with Gasteiger partial charge in [0.05, 0.1) is 6.54 Å². The van der Waals surface area contributed by atoms with Crippen molar-refractivity contribution in [1.29, 1.82) is 0 Å². The summed E-state index contributed by atoms with van der Waals surface area (Å²) >= 11 is 0. The summed E-state index contributed by atoms with van der Waals surface area (Å²) in [4.78, 5) is 21.5. The van der Waals surface area contributed by atoms with Gasteiger partial charge in [0.2, 0.25) is 5.91 Å². The Morgan fingerprint density at radius 1 is 1.25 bits per heavy atom. The number of amides is 1. The van der Waals surface area contributed by atoms with Crippen LogP contribution in [0, 0.1) is 11.8 Å². The normalized spacial score (nSPS) is 26.7. The lowest BCUT2D eigenvalue weighted by atomic mass is 9.75. The summed E-state index contributed by atoms with van der Waals surface area (Å²) in [5.41, 5.74) is 0.190. The van der Waals surface area contributed by atoms with Gasteiger partial charge < -0.3 is 20.4 Å². The fraction of sp³-hybridized carbons (Fsp3) is 0.905. The third-order valence-electron chi connectivity index (χ3n) is 6.54. The van der Waals surface area contributed by atoms with Crippen LogP contribution in [0.3, 0.4) is 0 Å². The molecule has 0 radical (unpaired) electrons. The van der Waals surface area contributed by atoms with Gasteiger partial charge in [-0.15, -0.1) is 24.0 Å². The SMILES string of the molecule is CCNC(=NCC1(N(C)C)CCCC(C)C1)N1CCC(CC(=O)NC)CC1.I. The number of halogens is 1. The van der Waals surface area contributed by atoms with Crippen LogP contribution in [0.2, 0.25) is 0 Å². The Balaban J connectivity index is 0.00000392. The predicted molar refractivity (Wildman–Crippen MR) is 128 cm³/mol. The lowest BCUT2D eigenvalue weighted by molar-refractivity contribution is -0.121. The molecule has 2 unspecified atom stereocenters. The maximum atomic E-state index is 11.6. The predicted octanol–water partition coefficient (Wildman–Crippen LogP) is 2.93. The van der Waals surface area contributed by atoms with Gasteiger partial charge in [0.1, 0.15) is 0 Å². The molecule has 1 aliphatic carbocycles. The van der Waals surface area contributed by atoms with E-state index >= 15 is 0 Å². The van der Waals surface area contributed by atoms with Gasteiger partial charge in [-0.25, -0.2) is 0 Å². The second-order valence-corrected chi connectivity index (χ2v) is 8.80. The molecule has 1 aliphatic heterocycles. The maximum absolute atomic E-state index is 11.6. The van der Waals surface area contributed by atoms with E-state index < -0.39 is 0 Å². The van der Waals surface area contributed by atoms with Gasteiger partial charge in [0, 0.05) is 38.6 Å². The van der Waals surface area contributed by atoms with Crippen LogP contribution in [-0.2, 0) is 4.79 Å². The van der Waals surface area contributed by atoms with Crippen molar-refractivity contribution >= 4 is 35.8 Å². The molecule has 0 aromatic carbocycles. The summed E-state index contributed by atoms with van der Waals surface area (Å²) in [7, 11) is 6.15. The van der Waals surface area contributed by atoms with Crippen molar-refractivity contribution in [1.82, 2.24) is 20.4 Å². The number of hydrogen-bond donors (Lipinski definition) is 2. The van der Waals surface area contributed by atoms with Gasteiger partial charge >= 0.3 is 0 Å². The molecule has 0 spiro atoms. The van der Waals surface area contributed by atoms with Crippen LogP contribution in [0.15, 0.2) is 4.99 Å². The van der Waals surface area contributed by atoms with E-state index in [1.807, 2.05) is 0 Å². The molecule has 1 heterocycles. The van der Waals surface area contributed by atoms with E-state index in [0.717, 1.165) is 50.9 Å². The molecular formula is C21H42IN5O. The number of piperidine rings is 1. The maximum Gasteiger partial charge on any atom is 0.220 e. The largest absolute Gasteiger partial charge is 0.359 e. The van der Waals surface area contributed by atoms with Crippen molar-refractivity contribution in [2.75, 3.05) is 47.3 Å². The Hall–Kier alpha value is -0.570. The lowest BCUT2D eigenvalue weighted by Gasteiger charge is -2.44. The second kappa shape index (κ2) is 12.2. The van der Waals surface area contributed by atoms with Crippen molar-refractivity contribution < 1.29 is 4.79 Å². The zero-order chi connectivity index (χ0) is 19.9. The van der Waals surface area contributed by atoms with E-state index in [0.29, 0.717) is 12.3 Å². The van der Waals surface area contributed by atoms with Crippen LogP contribution in [0.4, 0.5) is 0 Å². The van der Waals surface area contributed by atoms with Crippen LogP contribution in [0.25, 0.3) is 0 Å². The summed E-state index contributed by atoms with van der Waals surface area (Å²) in [5.74, 6) is 2.49. The minimum atomic E-state index is 0. The molecule has 2 rings (SSSR count). The molecular weight excluding hydrogens is 465 g/mol. The molecule has 164 valence electrons. The number of likely N-dealkylation sites (N-methyl/N-ethyl adjacent to an activating group) is 1. The third kappa shape index (κ3) is 7.04. The number of carbonyl (C=O) groups is 1. The summed E-state index contributed by atoms with van der Waals surface area (Å²) < 4.78 is 0. The smallest absolute Gasteiger partial charge is 0.220 e. The standard InChI is InChI=1S/C21H41N5O.HI/c1-6-23-20(26-12-9-18(10-13-26)14-19(27)22-3)24-16-21(25(4)5)11-7-8-17(2)15-21;/h17-18H,6-16H2,1-5H3,(H,22,27)(H,23,24);1H. The van der Waals surface area contributed by atoms with Gasteiger partial charge in [-0.2, -0.15) is 0 Å². The van der Waals surface area contributed by atoms with Gasteiger partial charge in [-0.05, 0) is 58.5 Å². The number of rotatable bonds is 6. The molecule has 1 saturated carbocycles. The average Bonchev–Trinajstić information content (AvgIpc) is 2.65. The van der Waals surface area contributed by atoms with Crippen LogP contribution < -0.4 is 10.6 Å². The summed E-state index contributed by atoms with van der Waals surface area (Å²) in [6, 6.07) is 0. The molecule has 6 nitrogen and oxygen atoms in total. The fourth-order valence-electron chi connectivity index (χ4n) is 4.68. The number of nitrogens with zero attached hydrogens (tertiary/aromatic N) is 3. The molecule has 1 saturated heterocycles. The monoisotopic (exact) mass is 507 g/mol. The molecule has 28 heavy (non-hydrogen) atoms. The molecule has 0 aromatic rings. The van der Waals surface area contributed by atoms with Crippen LogP contribution in [0.5, 0.6) is 0 Å². The molecule has 7 heteroatoms. The Labute approximate surface area is 189 Å². The van der Waals surface area contributed by atoms with Crippen molar-refractivity contribution in [3.8, 4) is 0 Å². The van der Waals surface area contributed by atoms with Crippen LogP contribution >= 0.6 is 24.0 Å². The van der Waals surface area contributed by atoms with E-state index in [1.165, 1.54) is 25.7 Å². The van der Waals surface area contributed by atoms with E-state index in [2.05, 4.69) is 48.4 Å². The van der Waals surface area contributed by atoms with Crippen LogP contribution in [-0.4, -0.2) is 74.5 Å². The van der Waals surface area contributed by atoms with Gasteiger partial charge in [0.15, 0.2) is 5.96 Å². The number of nitrogens with one attached hydrogen (secondary N) is 2. The van der Waals surface area contributed by atoms with Gasteiger partial charge in [-0.1, -0.05) is 19.8 Å². The molecule has 0 aromatic heterocycles. The van der Waals surface area contributed by atoms with E-state index in [4.69, 9.17) is 4.99 Å². The van der Waals surface area contributed by atoms with E-state index in [-0.39, 0.29) is 35.4 Å². The summed E-state index contributed by atoms with van der Waals surface area (Å²) in [5, 5.41) is 6.25. The highest BCUT2D eigenvalue weighted by molar-refractivity contribution is 14.0. The first-order valence-electron chi connectivity index (χ1n) is 10.8. The zero-order valence-corrected chi connectivity index (χ0v) is 20.9. The molecule has 2 fully saturated rings. The van der Waals surface area contributed by atoms with Crippen LogP contribution in [0.1, 0.15) is 58.8 Å². The van der Waals surface area contributed by atoms with Crippen molar-refractivity contribution in [2.45, 2.75) is 64.3 Å². The zero-order valence-electron chi connectivity index (χ0n) is 18.6. The number of likely N-dealkylation sites (tertiary alicyclic amines) is 1. The highest BCUT2D eigenvalue weighted by Gasteiger charge is 2.37. The highest BCUT2D eigenvalue weighted by atomic mass is 127. The first-order valence-corrected chi connectivity index (χ1v) is 10.8. The number of guanidine groups is 1. The van der Waals surface area contributed by atoms with E-state index in [9.17, 15) is 4.79 Å². The van der Waals surface area contributed by atoms with Gasteiger partial charge in [0.25, 0.3) is 0 Å². The highest BCUT2D eigenvalue weighted by Crippen LogP contribution is 2.36.